The molecule has 5 heteroatoms. The minimum absolute atomic E-state index is 0.472. The number of aliphatic imine (C=N–C) groups is 1. The van der Waals surface area contributed by atoms with Crippen molar-refractivity contribution in [1.82, 2.24) is 14.5 Å². The normalized spacial score (nSPS) is 13.9. The molecule has 0 amide bonds. The Kier molecular flexibility index (Phi) is 1.80. The first-order chi connectivity index (χ1) is 7.79. The molecule has 3 heterocycles. The molecule has 0 fully saturated rings. The van der Waals surface area contributed by atoms with Crippen LogP contribution in [0.2, 0.25) is 0 Å². The molecule has 0 saturated carbocycles. The van der Waals surface area contributed by atoms with E-state index in [1.54, 1.807) is 6.08 Å². The van der Waals surface area contributed by atoms with Gasteiger partial charge in [-0.3, -0.25) is 0 Å². The van der Waals surface area contributed by atoms with E-state index in [0.717, 1.165) is 23.1 Å². The molecular weight excluding hydrogens is 202 g/mol. The molecule has 3 rings (SSSR count). The third-order valence-electron chi connectivity index (χ3n) is 2.67. The zero-order valence-electron chi connectivity index (χ0n) is 8.88. The first-order valence-electron chi connectivity index (χ1n) is 5.15. The highest BCUT2D eigenvalue weighted by Crippen LogP contribution is 2.29. The van der Waals surface area contributed by atoms with Gasteiger partial charge in [0.15, 0.2) is 5.82 Å². The number of aromatic nitrogens is 3. The minimum atomic E-state index is 0.472. The third kappa shape index (κ3) is 1.14. The van der Waals surface area contributed by atoms with Crippen LogP contribution in [0, 0.1) is 0 Å². The first-order valence-corrected chi connectivity index (χ1v) is 5.15. The number of amidine groups is 1. The number of nitrogens with two attached hydrogens (primary N) is 1. The van der Waals surface area contributed by atoms with Gasteiger partial charge in [0.25, 0.3) is 0 Å². The van der Waals surface area contributed by atoms with Gasteiger partial charge in [-0.25, -0.2) is 15.0 Å². The zero-order valence-corrected chi connectivity index (χ0v) is 8.88. The Morgan fingerprint density at radius 1 is 1.31 bits per heavy atom. The molecule has 2 N–H and O–H groups in total. The summed E-state index contributed by atoms with van der Waals surface area (Å²) in [4.78, 5) is 12.7. The van der Waals surface area contributed by atoms with E-state index in [-0.39, 0.29) is 0 Å². The van der Waals surface area contributed by atoms with Crippen molar-refractivity contribution in [2.24, 2.45) is 10.7 Å². The van der Waals surface area contributed by atoms with E-state index in [4.69, 9.17) is 5.73 Å². The van der Waals surface area contributed by atoms with Crippen molar-refractivity contribution in [3.05, 3.63) is 24.2 Å². The maximum absolute atomic E-state index is 5.72. The monoisotopic (exact) mass is 213 g/mol. The van der Waals surface area contributed by atoms with Crippen molar-refractivity contribution >= 4 is 28.8 Å². The standard InChI is InChI=1S/C11H11N5/c1-2-16-5-7-3-4-8(12)15-10-9(7)11(16)14-6-13-10/h3-6H,2H2,1H3,(H2,12,13,14,15). The fraction of sp³-hybridized carbons (Fsp3) is 0.182. The summed E-state index contributed by atoms with van der Waals surface area (Å²) in [5, 5.41) is 0.973. The smallest absolute Gasteiger partial charge is 0.167 e. The molecule has 16 heavy (non-hydrogen) atoms. The highest BCUT2D eigenvalue weighted by Gasteiger charge is 2.14. The van der Waals surface area contributed by atoms with Crippen LogP contribution in [0.5, 0.6) is 0 Å². The Balaban J connectivity index is 2.45. The number of nitrogens with zero attached hydrogens (tertiary/aromatic N) is 4. The van der Waals surface area contributed by atoms with Crippen LogP contribution >= 0.6 is 0 Å². The molecule has 2 aromatic heterocycles. The number of rotatable bonds is 1. The largest absolute Gasteiger partial charge is 0.384 e. The summed E-state index contributed by atoms with van der Waals surface area (Å²) in [6.45, 7) is 2.96. The molecule has 1 aliphatic rings. The van der Waals surface area contributed by atoms with E-state index in [0.29, 0.717) is 11.7 Å². The molecule has 0 saturated heterocycles. The van der Waals surface area contributed by atoms with Crippen molar-refractivity contribution in [3.63, 3.8) is 0 Å². The second kappa shape index (κ2) is 3.16. The lowest BCUT2D eigenvalue weighted by Crippen LogP contribution is -2.06. The first kappa shape index (κ1) is 9.08. The lowest BCUT2D eigenvalue weighted by Gasteiger charge is -1.99. The summed E-state index contributed by atoms with van der Waals surface area (Å²) >= 11 is 0. The van der Waals surface area contributed by atoms with Gasteiger partial charge in [0.05, 0.1) is 5.39 Å². The van der Waals surface area contributed by atoms with Crippen LogP contribution < -0.4 is 5.73 Å². The summed E-state index contributed by atoms with van der Waals surface area (Å²) in [6, 6.07) is 0. The molecule has 0 unspecified atom stereocenters. The number of hydrogen-bond acceptors (Lipinski definition) is 4. The second-order valence-electron chi connectivity index (χ2n) is 3.64. The lowest BCUT2D eigenvalue weighted by atomic mass is 10.2. The van der Waals surface area contributed by atoms with Crippen molar-refractivity contribution < 1.29 is 0 Å². The van der Waals surface area contributed by atoms with Gasteiger partial charge in [-0.1, -0.05) is 0 Å². The van der Waals surface area contributed by atoms with Crippen LogP contribution in [0.1, 0.15) is 12.5 Å². The summed E-state index contributed by atoms with van der Waals surface area (Å²) in [7, 11) is 0. The van der Waals surface area contributed by atoms with E-state index >= 15 is 0 Å². The maximum Gasteiger partial charge on any atom is 0.167 e. The molecule has 0 atom stereocenters. The Hall–Kier alpha value is -2.17. The highest BCUT2D eigenvalue weighted by atomic mass is 15.1. The molecule has 0 aromatic carbocycles. The lowest BCUT2D eigenvalue weighted by molar-refractivity contribution is 0.786. The Morgan fingerprint density at radius 3 is 3.00 bits per heavy atom. The van der Waals surface area contributed by atoms with Crippen LogP contribution in [0.3, 0.4) is 0 Å². The predicted octanol–water partition coefficient (Wildman–Crippen LogP) is 1.47. The van der Waals surface area contributed by atoms with Crippen molar-refractivity contribution in [1.29, 1.82) is 0 Å². The van der Waals surface area contributed by atoms with E-state index in [2.05, 4.69) is 26.5 Å². The van der Waals surface area contributed by atoms with Crippen molar-refractivity contribution in [2.45, 2.75) is 13.5 Å². The summed E-state index contributed by atoms with van der Waals surface area (Å²) in [6.07, 6.45) is 7.31. The van der Waals surface area contributed by atoms with Crippen LogP contribution in [0.25, 0.3) is 17.1 Å². The Labute approximate surface area is 92.3 Å². The average Bonchev–Trinajstić information content (AvgIpc) is 2.57. The van der Waals surface area contributed by atoms with Crippen LogP contribution in [-0.4, -0.2) is 20.4 Å². The van der Waals surface area contributed by atoms with Gasteiger partial charge in [0.1, 0.15) is 17.8 Å². The summed E-state index contributed by atoms with van der Waals surface area (Å²) in [5.41, 5.74) is 7.69. The SMILES string of the molecule is CCn1cc2c3c(ncnc31)N=C(N)C=C2. The molecule has 2 aromatic rings. The van der Waals surface area contributed by atoms with Crippen LogP contribution in [0.15, 0.2) is 23.6 Å². The number of hydrogen-bond donors (Lipinski definition) is 1. The minimum Gasteiger partial charge on any atom is -0.384 e. The fourth-order valence-corrected chi connectivity index (χ4v) is 1.92. The predicted molar refractivity (Wildman–Crippen MR) is 63.5 cm³/mol. The summed E-state index contributed by atoms with van der Waals surface area (Å²) < 4.78 is 2.08. The molecule has 5 nitrogen and oxygen atoms in total. The van der Waals surface area contributed by atoms with Gasteiger partial charge in [-0.2, -0.15) is 0 Å². The highest BCUT2D eigenvalue weighted by molar-refractivity contribution is 6.05. The van der Waals surface area contributed by atoms with Gasteiger partial charge in [0.2, 0.25) is 0 Å². The van der Waals surface area contributed by atoms with E-state index in [1.807, 2.05) is 12.3 Å². The third-order valence-corrected chi connectivity index (χ3v) is 2.67. The van der Waals surface area contributed by atoms with E-state index in [1.165, 1.54) is 6.33 Å². The molecule has 0 radical (unpaired) electrons. The van der Waals surface area contributed by atoms with E-state index < -0.39 is 0 Å². The van der Waals surface area contributed by atoms with Gasteiger partial charge in [-0.05, 0) is 19.1 Å². The average molecular weight is 213 g/mol. The van der Waals surface area contributed by atoms with Gasteiger partial charge < -0.3 is 10.3 Å². The van der Waals surface area contributed by atoms with Gasteiger partial charge in [0, 0.05) is 18.3 Å². The quantitative estimate of drug-likeness (QED) is 0.779. The molecule has 0 bridgehead atoms. The summed E-state index contributed by atoms with van der Waals surface area (Å²) in [5.74, 6) is 1.12. The van der Waals surface area contributed by atoms with Gasteiger partial charge >= 0.3 is 0 Å². The molecule has 80 valence electrons. The molecule has 0 spiro atoms. The topological polar surface area (TPSA) is 69.1 Å². The van der Waals surface area contributed by atoms with Crippen LogP contribution in [0.4, 0.5) is 5.82 Å². The molecular formula is C11H11N5. The zero-order chi connectivity index (χ0) is 11.1. The molecule has 1 aliphatic heterocycles. The number of aryl methyl sites for hydroxylation is 1. The molecule has 0 aliphatic carbocycles. The maximum atomic E-state index is 5.72. The van der Waals surface area contributed by atoms with Crippen molar-refractivity contribution in [2.75, 3.05) is 0 Å². The Morgan fingerprint density at radius 2 is 2.19 bits per heavy atom. The van der Waals surface area contributed by atoms with E-state index in [9.17, 15) is 0 Å². The van der Waals surface area contributed by atoms with Crippen molar-refractivity contribution in [3.8, 4) is 0 Å². The second-order valence-corrected chi connectivity index (χ2v) is 3.64. The fourth-order valence-electron chi connectivity index (χ4n) is 1.92. The van der Waals surface area contributed by atoms with Gasteiger partial charge in [-0.15, -0.1) is 0 Å². The van der Waals surface area contributed by atoms with Crippen LogP contribution in [-0.2, 0) is 6.54 Å². The Bertz CT molecular complexity index is 621.